The molecule has 0 radical (unpaired) electrons. The second-order valence-corrected chi connectivity index (χ2v) is 12.0. The second kappa shape index (κ2) is 10.5. The normalized spacial score (nSPS) is 14.9. The molecule has 1 aliphatic heterocycles. The van der Waals surface area contributed by atoms with Crippen molar-refractivity contribution in [2.75, 3.05) is 0 Å². The standard InChI is InChI=1S/C42H26N4O2/c1-2-10-25(11-3-1)40-44-41(46-42(45-40)32-16-8-18-34-37(32)31-13-4-5-17-33(31)47-34)30-15-6-12-26-24-27(21-22-28(26)30)29-14-7-19-35-38(29)39-36(48-35)20-9-23-43-39/h1-24,40H,(H,44,45,46). The predicted octanol–water partition coefficient (Wildman–Crippen LogP) is 10.2. The number of amidine groups is 2. The van der Waals surface area contributed by atoms with Crippen LogP contribution in [0.3, 0.4) is 0 Å². The van der Waals surface area contributed by atoms with E-state index in [1.807, 2.05) is 79.0 Å². The van der Waals surface area contributed by atoms with Crippen LogP contribution in [0.4, 0.5) is 0 Å². The summed E-state index contributed by atoms with van der Waals surface area (Å²) in [6.07, 6.45) is 1.49. The molecule has 10 rings (SSSR count). The number of hydrogen-bond acceptors (Lipinski definition) is 6. The molecule has 0 saturated carbocycles. The predicted molar refractivity (Wildman–Crippen MR) is 194 cm³/mol. The topological polar surface area (TPSA) is 75.9 Å². The molecule has 6 aromatic carbocycles. The summed E-state index contributed by atoms with van der Waals surface area (Å²) in [5.74, 6) is 1.43. The molecule has 6 heteroatoms. The number of nitrogens with one attached hydrogen (secondary N) is 1. The van der Waals surface area contributed by atoms with Crippen molar-refractivity contribution in [2.24, 2.45) is 9.98 Å². The number of aromatic nitrogens is 1. The van der Waals surface area contributed by atoms with Gasteiger partial charge in [0, 0.05) is 28.1 Å². The Morgan fingerprint density at radius 3 is 2.19 bits per heavy atom. The van der Waals surface area contributed by atoms with E-state index in [0.29, 0.717) is 5.84 Å². The van der Waals surface area contributed by atoms with Crippen LogP contribution in [0.15, 0.2) is 165 Å². The van der Waals surface area contributed by atoms with Crippen molar-refractivity contribution < 1.29 is 8.83 Å². The van der Waals surface area contributed by atoms with Crippen LogP contribution in [0.25, 0.3) is 65.9 Å². The largest absolute Gasteiger partial charge is 0.456 e. The molecule has 1 aliphatic rings. The first-order valence-electron chi connectivity index (χ1n) is 16.0. The number of benzene rings is 6. The first kappa shape index (κ1) is 26.7. The van der Waals surface area contributed by atoms with E-state index in [1.165, 1.54) is 0 Å². The summed E-state index contributed by atoms with van der Waals surface area (Å²) in [5, 5.41) is 8.95. The van der Waals surface area contributed by atoms with Gasteiger partial charge in [-0.2, -0.15) is 0 Å². The molecule has 0 saturated heterocycles. The molecular formula is C42H26N4O2. The van der Waals surface area contributed by atoms with E-state index in [2.05, 4.69) is 77.0 Å². The highest BCUT2D eigenvalue weighted by Gasteiger charge is 2.24. The lowest BCUT2D eigenvalue weighted by atomic mass is 9.95. The number of para-hydroxylation sites is 1. The molecule has 0 bridgehead atoms. The van der Waals surface area contributed by atoms with E-state index in [4.69, 9.17) is 18.8 Å². The third kappa shape index (κ3) is 4.16. The second-order valence-electron chi connectivity index (χ2n) is 12.0. The lowest BCUT2D eigenvalue weighted by Crippen LogP contribution is -2.33. The third-order valence-electron chi connectivity index (χ3n) is 9.20. The molecule has 6 nitrogen and oxygen atoms in total. The summed E-state index contributed by atoms with van der Waals surface area (Å²) in [4.78, 5) is 15.1. The fourth-order valence-electron chi connectivity index (χ4n) is 7.01. The first-order chi connectivity index (χ1) is 23.8. The zero-order valence-corrected chi connectivity index (χ0v) is 25.6. The van der Waals surface area contributed by atoms with Crippen molar-refractivity contribution in [3.05, 3.63) is 162 Å². The van der Waals surface area contributed by atoms with Crippen LogP contribution < -0.4 is 5.32 Å². The Bertz CT molecular complexity index is 2770. The zero-order valence-electron chi connectivity index (χ0n) is 25.6. The van der Waals surface area contributed by atoms with Gasteiger partial charge in [-0.05, 0) is 63.9 Å². The SMILES string of the molecule is c1ccc(C2N=C(c3cccc4oc5ccccc5c34)N=C(c3cccc4cc(-c5cccc6oc7cccnc7c56)ccc34)N2)cc1. The number of pyridine rings is 1. The molecule has 9 aromatic rings. The van der Waals surface area contributed by atoms with E-state index < -0.39 is 0 Å². The summed E-state index contributed by atoms with van der Waals surface area (Å²) in [6.45, 7) is 0. The Kier molecular flexibility index (Phi) is 5.84. The van der Waals surface area contributed by atoms with Gasteiger partial charge in [-0.25, -0.2) is 9.98 Å². The Balaban J connectivity index is 1.14. The molecule has 0 aliphatic carbocycles. The highest BCUT2D eigenvalue weighted by Crippen LogP contribution is 2.38. The minimum absolute atomic E-state index is 0.323. The maximum atomic E-state index is 6.23. The number of furan rings is 2. The summed E-state index contributed by atoms with van der Waals surface area (Å²) in [7, 11) is 0. The molecule has 1 unspecified atom stereocenters. The van der Waals surface area contributed by atoms with E-state index in [-0.39, 0.29) is 6.17 Å². The Labute approximate surface area is 274 Å². The summed E-state index contributed by atoms with van der Waals surface area (Å²) < 4.78 is 12.4. The zero-order chi connectivity index (χ0) is 31.6. The van der Waals surface area contributed by atoms with Gasteiger partial charge in [-0.1, -0.05) is 103 Å². The molecule has 0 spiro atoms. The third-order valence-corrected chi connectivity index (χ3v) is 9.20. The average Bonchev–Trinajstić information content (AvgIpc) is 3.73. The van der Waals surface area contributed by atoms with Crippen LogP contribution in [-0.2, 0) is 0 Å². The molecule has 0 fully saturated rings. The smallest absolute Gasteiger partial charge is 0.160 e. The van der Waals surface area contributed by atoms with Gasteiger partial charge >= 0.3 is 0 Å². The molecular weight excluding hydrogens is 592 g/mol. The van der Waals surface area contributed by atoms with Gasteiger partial charge in [0.15, 0.2) is 11.4 Å². The number of rotatable bonds is 4. The van der Waals surface area contributed by atoms with Crippen LogP contribution in [0.5, 0.6) is 0 Å². The van der Waals surface area contributed by atoms with E-state index >= 15 is 0 Å². The number of hydrogen-bond donors (Lipinski definition) is 1. The van der Waals surface area contributed by atoms with Gasteiger partial charge in [-0.15, -0.1) is 0 Å². The summed E-state index contributed by atoms with van der Waals surface area (Å²) >= 11 is 0. The van der Waals surface area contributed by atoms with Crippen molar-refractivity contribution in [1.82, 2.24) is 10.3 Å². The van der Waals surface area contributed by atoms with Crippen molar-refractivity contribution >= 4 is 66.5 Å². The molecule has 3 aromatic heterocycles. The maximum Gasteiger partial charge on any atom is 0.160 e. The van der Waals surface area contributed by atoms with E-state index in [1.54, 1.807) is 0 Å². The number of nitrogens with zero attached hydrogens (tertiary/aromatic N) is 3. The van der Waals surface area contributed by atoms with Crippen LogP contribution in [0.1, 0.15) is 22.9 Å². The lowest BCUT2D eigenvalue weighted by Gasteiger charge is -2.24. The monoisotopic (exact) mass is 618 g/mol. The van der Waals surface area contributed by atoms with Crippen LogP contribution >= 0.6 is 0 Å². The molecule has 4 heterocycles. The van der Waals surface area contributed by atoms with Gasteiger partial charge in [0.05, 0.1) is 5.39 Å². The Hall–Kier alpha value is -6.53. The van der Waals surface area contributed by atoms with Crippen LogP contribution in [-0.4, -0.2) is 16.7 Å². The average molecular weight is 619 g/mol. The highest BCUT2D eigenvalue weighted by atomic mass is 16.3. The summed E-state index contributed by atoms with van der Waals surface area (Å²) in [6, 6.07) is 47.5. The highest BCUT2D eigenvalue weighted by molar-refractivity contribution is 6.23. The fourth-order valence-corrected chi connectivity index (χ4v) is 7.01. The molecule has 48 heavy (non-hydrogen) atoms. The first-order valence-corrected chi connectivity index (χ1v) is 16.0. The minimum Gasteiger partial charge on any atom is -0.456 e. The molecule has 1 atom stereocenters. The quantitative estimate of drug-likeness (QED) is 0.213. The Morgan fingerprint density at radius 1 is 0.542 bits per heavy atom. The van der Waals surface area contributed by atoms with Crippen molar-refractivity contribution in [2.45, 2.75) is 6.17 Å². The Morgan fingerprint density at radius 2 is 1.27 bits per heavy atom. The van der Waals surface area contributed by atoms with Crippen LogP contribution in [0, 0.1) is 0 Å². The van der Waals surface area contributed by atoms with E-state index in [9.17, 15) is 0 Å². The van der Waals surface area contributed by atoms with Gasteiger partial charge in [0.25, 0.3) is 0 Å². The number of fused-ring (bicyclic) bond motifs is 7. The maximum absolute atomic E-state index is 6.23. The van der Waals surface area contributed by atoms with Crippen molar-refractivity contribution in [3.63, 3.8) is 0 Å². The molecule has 1 N–H and O–H groups in total. The van der Waals surface area contributed by atoms with Gasteiger partial charge < -0.3 is 14.2 Å². The van der Waals surface area contributed by atoms with Crippen LogP contribution in [0.2, 0.25) is 0 Å². The van der Waals surface area contributed by atoms with Gasteiger partial charge in [-0.3, -0.25) is 4.98 Å². The number of aliphatic imine (C=N–C) groups is 2. The minimum atomic E-state index is -0.323. The molecule has 0 amide bonds. The van der Waals surface area contributed by atoms with Crippen molar-refractivity contribution in [3.8, 4) is 11.1 Å². The van der Waals surface area contributed by atoms with Gasteiger partial charge in [0.1, 0.15) is 34.3 Å². The lowest BCUT2D eigenvalue weighted by molar-refractivity contribution is 0.668. The fraction of sp³-hybridized carbons (Fsp3) is 0.0238. The van der Waals surface area contributed by atoms with Crippen molar-refractivity contribution in [1.29, 1.82) is 0 Å². The molecule has 226 valence electrons. The van der Waals surface area contributed by atoms with E-state index in [0.717, 1.165) is 88.4 Å². The summed E-state index contributed by atoms with van der Waals surface area (Å²) in [5.41, 5.74) is 9.34. The van der Waals surface area contributed by atoms with Gasteiger partial charge in [0.2, 0.25) is 0 Å².